The van der Waals surface area contributed by atoms with Crippen LogP contribution in [0.4, 0.5) is 0 Å². The first kappa shape index (κ1) is 24.7. The first-order valence-electron chi connectivity index (χ1n) is 24.8. The Kier molecular flexibility index (Phi) is 1.97. The molecule has 0 aromatic heterocycles. The molecule has 0 heterocycles. The highest BCUT2D eigenvalue weighted by Gasteiger charge is 2.76. The van der Waals surface area contributed by atoms with Crippen molar-refractivity contribution in [2.45, 2.75) is 10.8 Å². The predicted octanol–water partition coefficient (Wildman–Crippen LogP) is 16.0. The van der Waals surface area contributed by atoms with E-state index in [1.807, 2.05) is 6.08 Å². The molecule has 0 unspecified atom stereocenters. The van der Waals surface area contributed by atoms with Gasteiger partial charge >= 0.3 is 5.97 Å². The summed E-state index contributed by atoms with van der Waals surface area (Å²) in [6.07, 6.45) is 1.86. The van der Waals surface area contributed by atoms with E-state index in [1.165, 1.54) is 238 Å². The maximum Gasteiger partial charge on any atom is 0.335 e. The number of hydrogen-bond acceptors (Lipinski definition) is 3. The van der Waals surface area contributed by atoms with E-state index in [1.54, 1.807) is 82.5 Å². The Balaban J connectivity index is 1.25. The van der Waals surface area contributed by atoms with E-state index in [4.69, 9.17) is 4.74 Å². The van der Waals surface area contributed by atoms with Crippen molar-refractivity contribution in [3.8, 4) is 0 Å². The van der Waals surface area contributed by atoms with Crippen LogP contribution >= 0.6 is 0 Å². The number of ketones is 1. The molecule has 0 bridgehead atoms. The zero-order valence-electron chi connectivity index (χ0n) is 34.3. The quantitative estimate of drug-likeness (QED) is 0.122. The Morgan fingerprint density at radius 1 is 0.265 bits per heavy atom. The van der Waals surface area contributed by atoms with Crippen LogP contribution in [0, 0.1) is 0 Å². The lowest BCUT2D eigenvalue weighted by Gasteiger charge is -2.50. The summed E-state index contributed by atoms with van der Waals surface area (Å²) >= 11 is 0. The van der Waals surface area contributed by atoms with Gasteiger partial charge in [0.1, 0.15) is 5.41 Å². The normalized spacial score (nSPS) is 22.8. The summed E-state index contributed by atoms with van der Waals surface area (Å²) in [7, 11) is 1.56. The molecule has 5 aliphatic carbocycles. The van der Waals surface area contributed by atoms with Gasteiger partial charge in [-0.25, -0.2) is 4.79 Å². The minimum absolute atomic E-state index is 0.105. The van der Waals surface area contributed by atoms with Crippen LogP contribution < -0.4 is 0 Å². The number of methoxy groups -OCH3 is 1. The maximum atomic E-state index is 16.9. The number of esters is 1. The van der Waals surface area contributed by atoms with E-state index in [-0.39, 0.29) is 11.8 Å². The van der Waals surface area contributed by atoms with Crippen molar-refractivity contribution in [3.63, 3.8) is 0 Å². The van der Waals surface area contributed by atoms with Crippen LogP contribution in [0.1, 0.15) is 22.3 Å². The Morgan fingerprint density at radius 2 is 0.412 bits per heavy atom. The number of rotatable bonds is 1. The molecule has 282 valence electrons. The van der Waals surface area contributed by atoms with Crippen molar-refractivity contribution in [1.29, 1.82) is 0 Å². The summed E-state index contributed by atoms with van der Waals surface area (Å²) in [5, 5.41) is 80.5. The number of carbonyl (C=O) groups is 2. The summed E-state index contributed by atoms with van der Waals surface area (Å²) in [5.41, 5.74) is 3.50. The van der Waals surface area contributed by atoms with E-state index >= 15 is 9.59 Å². The largest absolute Gasteiger partial charge is 0.466 e. The van der Waals surface area contributed by atoms with Crippen molar-refractivity contribution in [1.82, 2.24) is 0 Å². The van der Waals surface area contributed by atoms with Crippen LogP contribution in [-0.4, -0.2) is 18.9 Å². The molecule has 0 aliphatic heterocycles. The number of ether oxygens (including phenoxy) is 1. The van der Waals surface area contributed by atoms with Gasteiger partial charge in [0.15, 0.2) is 5.78 Å². The highest BCUT2D eigenvalue weighted by molar-refractivity contribution is 6.82. The van der Waals surface area contributed by atoms with Crippen molar-refractivity contribution >= 4 is 303 Å². The Hall–Kier alpha value is -8.66. The van der Waals surface area contributed by atoms with Crippen LogP contribution in [0.25, 0.3) is 291 Å². The molecule has 0 N–H and O–H groups in total. The first-order valence-corrected chi connectivity index (χ1v) is 24.8. The monoisotopic (exact) mass is 832 g/mol. The van der Waals surface area contributed by atoms with Gasteiger partial charge in [0.05, 0.1) is 18.1 Å². The highest BCUT2D eigenvalue weighted by Crippen LogP contribution is 2.86. The van der Waals surface area contributed by atoms with Crippen LogP contribution in [-0.2, 0) is 25.2 Å². The standard InChI is InChI=1S/C65H4O3/c1-68-63(67)3-2-4(66)65-61-55-49-39-31-21-13-9-6-5-7-11(13)19-27(21)41(49)47-37-29(19)23-15(7)16-8(5)12-14-10(6)18-17(9)25(31)35-36-26(18)32-22(14)28-20(12)30-24(16)34-33(23)43(37)51-52-44(34)38(30)48-42(28)50-40(32)46(36)58(57(61)45(35)39)62(65)56(50)54(48)60(52)64(3,65)59(51)53(47)55/h2H,1H3. The molecular formula is C65H4O3. The van der Waals surface area contributed by atoms with Gasteiger partial charge in [0.2, 0.25) is 0 Å². The van der Waals surface area contributed by atoms with E-state index in [0.29, 0.717) is 5.57 Å². The molecule has 0 atom stereocenters. The van der Waals surface area contributed by atoms with Crippen LogP contribution in [0.5, 0.6) is 0 Å². The molecule has 28 aromatic carbocycles. The van der Waals surface area contributed by atoms with E-state index in [0.717, 1.165) is 0 Å². The topological polar surface area (TPSA) is 43.4 Å². The lowest BCUT2D eigenvalue weighted by molar-refractivity contribution is -0.136. The number of allylic oxidation sites excluding steroid dienone is 1. The molecule has 5 aliphatic rings. The van der Waals surface area contributed by atoms with Crippen molar-refractivity contribution in [3.05, 3.63) is 33.9 Å². The molecule has 68 heavy (non-hydrogen) atoms. The van der Waals surface area contributed by atoms with E-state index in [2.05, 4.69) is 0 Å². The second-order valence-electron chi connectivity index (χ2n) is 24.7. The molecule has 33 rings (SSSR count). The third kappa shape index (κ3) is 1.22. The zero-order valence-corrected chi connectivity index (χ0v) is 34.3. The molecular weight excluding hydrogens is 829 g/mol. The van der Waals surface area contributed by atoms with Crippen LogP contribution in [0.2, 0.25) is 0 Å². The van der Waals surface area contributed by atoms with E-state index < -0.39 is 10.8 Å². The number of hydrogen-bond donors (Lipinski definition) is 0. The number of benzene rings is 18. The van der Waals surface area contributed by atoms with Gasteiger partial charge in [-0.3, -0.25) is 4.79 Å². The average Bonchev–Trinajstić information content (AvgIpc) is 4.28. The minimum atomic E-state index is -1.12. The molecule has 3 nitrogen and oxygen atoms in total. The van der Waals surface area contributed by atoms with Gasteiger partial charge in [0, 0.05) is 0 Å². The Morgan fingerprint density at radius 3 is 0.574 bits per heavy atom. The molecule has 28 aromatic rings. The summed E-state index contributed by atoms with van der Waals surface area (Å²) in [5.74, 6) is -0.236. The molecule has 0 fully saturated rings. The lowest BCUT2D eigenvalue weighted by Crippen LogP contribution is -2.54. The van der Waals surface area contributed by atoms with Crippen molar-refractivity contribution in [2.24, 2.45) is 0 Å². The van der Waals surface area contributed by atoms with E-state index in [9.17, 15) is 0 Å². The Bertz CT molecular complexity index is 7100. The smallest absolute Gasteiger partial charge is 0.335 e. The molecule has 3 heteroatoms. The second-order valence-corrected chi connectivity index (χ2v) is 24.7. The molecule has 0 amide bonds. The fraction of sp³-hybridized carbons (Fsp3) is 0.0462. The predicted molar refractivity (Wildman–Crippen MR) is 279 cm³/mol. The van der Waals surface area contributed by atoms with Gasteiger partial charge in [-0.15, -0.1) is 0 Å². The van der Waals surface area contributed by atoms with Gasteiger partial charge in [0.25, 0.3) is 0 Å². The SMILES string of the molecule is COC(=O)C1=CC(=O)C23c4c5c6c7c8c9c(c%10c%11c2c2c4c4c%12c5c5c6c6c8c8c%13c9c9c%10c%10c%11c%11c2c2c4c4c%12c%12c5c5c6c8c6c8c%13c9c9c%10c%10c%11c2c2c4c4c%12c5c6c5c8c9c%10c2c45)C173. The average molecular weight is 833 g/mol. The molecule has 0 saturated heterocycles. The van der Waals surface area contributed by atoms with Gasteiger partial charge < -0.3 is 4.74 Å². The van der Waals surface area contributed by atoms with Crippen LogP contribution in [0.3, 0.4) is 0 Å². The first-order chi connectivity index (χ1) is 33.7. The maximum absolute atomic E-state index is 16.9. The van der Waals surface area contributed by atoms with Crippen molar-refractivity contribution < 1.29 is 14.3 Å². The molecule has 0 saturated carbocycles. The van der Waals surface area contributed by atoms with Gasteiger partial charge in [-0.1, -0.05) is 0 Å². The fourth-order valence-electron chi connectivity index (χ4n) is 24.8. The molecule has 2 spiro atoms. The molecule has 0 radical (unpaired) electrons. The van der Waals surface area contributed by atoms with Gasteiger partial charge in [-0.2, -0.15) is 0 Å². The van der Waals surface area contributed by atoms with Crippen LogP contribution in [0.15, 0.2) is 11.6 Å². The fourth-order valence-corrected chi connectivity index (χ4v) is 24.8. The second kappa shape index (κ2) is 5.41. The van der Waals surface area contributed by atoms with Crippen molar-refractivity contribution in [2.75, 3.05) is 7.11 Å². The summed E-state index contributed by atoms with van der Waals surface area (Å²) in [6.45, 7) is 0. The Labute approximate surface area is 367 Å². The third-order valence-electron chi connectivity index (χ3n) is 24.8. The highest BCUT2D eigenvalue weighted by atomic mass is 16.5. The minimum Gasteiger partial charge on any atom is -0.466 e. The lowest BCUT2D eigenvalue weighted by atomic mass is 9.48. The summed E-state index contributed by atoms with van der Waals surface area (Å²) < 4.78 is 6.07. The third-order valence-corrected chi connectivity index (χ3v) is 24.8. The number of carbonyl (C=O) groups excluding carboxylic acids is 2. The van der Waals surface area contributed by atoms with Gasteiger partial charge in [-0.05, 0) is 319 Å². The summed E-state index contributed by atoms with van der Waals surface area (Å²) in [6, 6.07) is 0. The zero-order chi connectivity index (χ0) is 40.6. The summed E-state index contributed by atoms with van der Waals surface area (Å²) in [4.78, 5) is 32.4.